The van der Waals surface area contributed by atoms with Crippen LogP contribution in [0, 0.1) is 0 Å². The molecule has 0 aliphatic carbocycles. The summed E-state index contributed by atoms with van der Waals surface area (Å²) in [6.07, 6.45) is 0. The lowest BCUT2D eigenvalue weighted by molar-refractivity contribution is 0.0999. The van der Waals surface area contributed by atoms with E-state index in [2.05, 4.69) is 0 Å². The molecule has 0 aliphatic rings. The van der Waals surface area contributed by atoms with E-state index in [4.69, 9.17) is 32.9 Å². The number of hydrogen-bond donors (Lipinski definition) is 4. The number of nitrogen functional groups attached to an aromatic ring is 2. The topological polar surface area (TPSA) is 164 Å². The molecule has 36 heavy (non-hydrogen) atoms. The Labute approximate surface area is 215 Å². The smallest absolute Gasteiger partial charge is 0.248 e. The zero-order valence-electron chi connectivity index (χ0n) is 18.9. The second-order valence-electron chi connectivity index (χ2n) is 7.63. The fourth-order valence-electron chi connectivity index (χ4n) is 3.14. The second-order valence-corrected chi connectivity index (χ2v) is 9.35. The lowest BCUT2D eigenvalue weighted by Gasteiger charge is -1.97. The van der Waals surface area contributed by atoms with Crippen LogP contribution in [0.25, 0.3) is 32.5 Å². The van der Waals surface area contributed by atoms with Crippen molar-refractivity contribution in [2.75, 3.05) is 11.5 Å². The van der Waals surface area contributed by atoms with Gasteiger partial charge in [-0.15, -0.1) is 22.7 Å². The minimum absolute atomic E-state index is 0.284. The van der Waals surface area contributed by atoms with Crippen molar-refractivity contribution >= 4 is 45.9 Å². The molecule has 2 amide bonds. The summed E-state index contributed by atoms with van der Waals surface area (Å²) < 4.78 is 0. The molecule has 0 atom stereocenters. The molecule has 0 fully saturated rings. The average Bonchev–Trinajstić information content (AvgIpc) is 3.56. The second kappa shape index (κ2) is 10.8. The summed E-state index contributed by atoms with van der Waals surface area (Å²) in [5.74, 6) is -1.14. The molecule has 5 aromatic rings. The van der Waals surface area contributed by atoms with Crippen LogP contribution in [0.4, 0.5) is 11.4 Å². The van der Waals surface area contributed by atoms with Gasteiger partial charge in [-0.3, -0.25) is 9.59 Å². The zero-order chi connectivity index (χ0) is 25.7. The van der Waals surface area contributed by atoms with Crippen LogP contribution in [-0.2, 0) is 0 Å². The van der Waals surface area contributed by atoms with Crippen molar-refractivity contribution in [1.29, 1.82) is 0 Å². The molecule has 3 aromatic carbocycles. The number of thiazole rings is 2. The average molecular weight is 515 g/mol. The minimum Gasteiger partial charge on any atom is -0.399 e. The van der Waals surface area contributed by atoms with Crippen LogP contribution in [-0.4, -0.2) is 21.8 Å². The van der Waals surface area contributed by atoms with Gasteiger partial charge in [-0.2, -0.15) is 0 Å². The summed E-state index contributed by atoms with van der Waals surface area (Å²) in [5.41, 5.74) is 27.5. The van der Waals surface area contributed by atoms with Crippen molar-refractivity contribution in [3.63, 3.8) is 0 Å². The Hall–Kier alpha value is -4.54. The van der Waals surface area contributed by atoms with Gasteiger partial charge in [0.1, 0.15) is 0 Å². The van der Waals surface area contributed by atoms with E-state index in [9.17, 15) is 9.59 Å². The van der Waals surface area contributed by atoms with Crippen LogP contribution in [0.2, 0.25) is 0 Å². The van der Waals surface area contributed by atoms with Gasteiger partial charge in [0, 0.05) is 44.4 Å². The van der Waals surface area contributed by atoms with Gasteiger partial charge in [0.15, 0.2) is 10.0 Å². The number of amides is 2. The SMILES string of the molecule is NC(=O)c1cccc(C(N)=O)c1.Nc1ccc(-c2csc(-c3nc(-c4ccc(N)cc4)cs3)n2)cc1. The van der Waals surface area contributed by atoms with Gasteiger partial charge in [-0.1, -0.05) is 30.3 Å². The fraction of sp³-hybridized carbons (Fsp3) is 0. The first-order chi connectivity index (χ1) is 17.3. The van der Waals surface area contributed by atoms with Gasteiger partial charge in [0.2, 0.25) is 11.8 Å². The van der Waals surface area contributed by atoms with Crippen LogP contribution in [0.3, 0.4) is 0 Å². The van der Waals surface area contributed by atoms with E-state index in [1.165, 1.54) is 18.2 Å². The highest BCUT2D eigenvalue weighted by Gasteiger charge is 2.11. The van der Waals surface area contributed by atoms with Crippen molar-refractivity contribution in [1.82, 2.24) is 9.97 Å². The van der Waals surface area contributed by atoms with Crippen LogP contribution in [0.1, 0.15) is 20.7 Å². The van der Waals surface area contributed by atoms with E-state index in [0.29, 0.717) is 0 Å². The molecule has 180 valence electrons. The number of primary amides is 2. The van der Waals surface area contributed by atoms with Crippen molar-refractivity contribution in [2.45, 2.75) is 0 Å². The van der Waals surface area contributed by atoms with Gasteiger partial charge in [-0.25, -0.2) is 9.97 Å². The minimum atomic E-state index is -0.571. The molecule has 5 rings (SSSR count). The third kappa shape index (κ3) is 5.93. The maximum absolute atomic E-state index is 10.6. The van der Waals surface area contributed by atoms with Gasteiger partial charge < -0.3 is 22.9 Å². The molecule has 0 saturated carbocycles. The number of nitrogens with two attached hydrogens (primary N) is 4. The van der Waals surface area contributed by atoms with E-state index in [1.54, 1.807) is 28.7 Å². The highest BCUT2D eigenvalue weighted by molar-refractivity contribution is 7.20. The standard InChI is InChI=1S/C18H14N4S2.C8H8N2O2/c19-13-5-1-11(2-6-13)15-9-23-17(21-15)18-22-16(10-24-18)12-3-7-14(20)8-4-12;9-7(11)5-2-1-3-6(4-5)8(10)12/h1-10H,19-20H2;1-4H,(H2,9,11)(H2,10,12). The summed E-state index contributed by atoms with van der Waals surface area (Å²) in [6, 6.07) is 21.4. The normalized spacial score (nSPS) is 10.3. The van der Waals surface area contributed by atoms with Crippen LogP contribution in [0.15, 0.2) is 83.6 Å². The number of hydrogen-bond acceptors (Lipinski definition) is 8. The molecule has 0 bridgehead atoms. The summed E-state index contributed by atoms with van der Waals surface area (Å²) in [5, 5.41) is 5.94. The fourth-order valence-corrected chi connectivity index (χ4v) is 4.85. The highest BCUT2D eigenvalue weighted by atomic mass is 32.1. The Morgan fingerprint density at radius 2 is 1.00 bits per heavy atom. The molecule has 0 saturated heterocycles. The highest BCUT2D eigenvalue weighted by Crippen LogP contribution is 2.33. The first-order valence-electron chi connectivity index (χ1n) is 10.6. The van der Waals surface area contributed by atoms with Gasteiger partial charge in [0.05, 0.1) is 11.4 Å². The van der Waals surface area contributed by atoms with Gasteiger partial charge in [-0.05, 0) is 42.5 Å². The number of anilines is 2. The van der Waals surface area contributed by atoms with Gasteiger partial charge in [0.25, 0.3) is 0 Å². The first kappa shape index (κ1) is 24.6. The quantitative estimate of drug-likeness (QED) is 0.249. The van der Waals surface area contributed by atoms with E-state index >= 15 is 0 Å². The van der Waals surface area contributed by atoms with Crippen molar-refractivity contribution in [2.24, 2.45) is 11.5 Å². The molecule has 2 heterocycles. The van der Waals surface area contributed by atoms with E-state index in [1.807, 2.05) is 59.3 Å². The molecular formula is C26H22N6O2S2. The maximum atomic E-state index is 10.6. The summed E-state index contributed by atoms with van der Waals surface area (Å²) >= 11 is 3.20. The molecule has 10 heteroatoms. The van der Waals surface area contributed by atoms with E-state index < -0.39 is 11.8 Å². The maximum Gasteiger partial charge on any atom is 0.248 e. The predicted octanol–water partition coefficient (Wildman–Crippen LogP) is 4.65. The summed E-state index contributed by atoms with van der Waals surface area (Å²) in [7, 11) is 0. The van der Waals surface area contributed by atoms with E-state index in [0.717, 1.165) is 43.9 Å². The number of carbonyl (C=O) groups is 2. The number of nitrogens with zero attached hydrogens (tertiary/aromatic N) is 2. The molecule has 0 unspecified atom stereocenters. The lowest BCUT2D eigenvalue weighted by Crippen LogP contribution is -2.14. The molecule has 0 radical (unpaired) electrons. The Morgan fingerprint density at radius 3 is 1.36 bits per heavy atom. The monoisotopic (exact) mass is 514 g/mol. The van der Waals surface area contributed by atoms with Crippen LogP contribution < -0.4 is 22.9 Å². The first-order valence-corrected chi connectivity index (χ1v) is 12.4. The van der Waals surface area contributed by atoms with Crippen LogP contribution in [0.5, 0.6) is 0 Å². The predicted molar refractivity (Wildman–Crippen MR) is 146 cm³/mol. The van der Waals surface area contributed by atoms with Gasteiger partial charge >= 0.3 is 0 Å². The Balaban J connectivity index is 0.000000214. The largest absolute Gasteiger partial charge is 0.399 e. The lowest BCUT2D eigenvalue weighted by atomic mass is 10.1. The molecule has 8 N–H and O–H groups in total. The summed E-state index contributed by atoms with van der Waals surface area (Å²) in [6.45, 7) is 0. The van der Waals surface area contributed by atoms with Crippen molar-refractivity contribution < 1.29 is 9.59 Å². The zero-order valence-corrected chi connectivity index (χ0v) is 20.6. The summed E-state index contributed by atoms with van der Waals surface area (Å²) in [4.78, 5) is 30.7. The third-order valence-electron chi connectivity index (χ3n) is 5.04. The Bertz CT molecular complexity index is 1400. The number of aromatic nitrogens is 2. The van der Waals surface area contributed by atoms with Crippen molar-refractivity contribution in [3.8, 4) is 32.5 Å². The third-order valence-corrected chi connectivity index (χ3v) is 6.86. The number of carbonyl (C=O) groups excluding carboxylic acids is 2. The van der Waals surface area contributed by atoms with Crippen LogP contribution >= 0.6 is 22.7 Å². The Morgan fingerprint density at radius 1 is 0.611 bits per heavy atom. The molecular weight excluding hydrogens is 492 g/mol. The molecule has 8 nitrogen and oxygen atoms in total. The molecule has 0 spiro atoms. The molecule has 0 aliphatic heterocycles. The number of rotatable bonds is 5. The van der Waals surface area contributed by atoms with E-state index in [-0.39, 0.29) is 11.1 Å². The number of benzene rings is 3. The Kier molecular flexibility index (Phi) is 7.38. The van der Waals surface area contributed by atoms with Crippen molar-refractivity contribution in [3.05, 3.63) is 94.7 Å². The molecule has 2 aromatic heterocycles.